The average molecular weight is 465 g/mol. The Kier molecular flexibility index (Phi) is 9.83. The summed E-state index contributed by atoms with van der Waals surface area (Å²) in [6.45, 7) is 6.28. The van der Waals surface area contributed by atoms with Crippen molar-refractivity contribution in [3.63, 3.8) is 0 Å². The maximum Gasteiger partial charge on any atom is 0.408 e. The molecule has 0 aliphatic rings. The summed E-state index contributed by atoms with van der Waals surface area (Å²) in [5.41, 5.74) is 5.63. The molecule has 0 aliphatic heterocycles. The molecule has 0 aromatic heterocycles. The molecule has 2 atom stereocenters. The molecule has 0 bridgehead atoms. The van der Waals surface area contributed by atoms with Gasteiger partial charge in [-0.3, -0.25) is 19.2 Å². The number of alkyl carbamates (subject to hydrolysis) is 1. The molecule has 33 heavy (non-hydrogen) atoms. The number of nitrogens with one attached hydrogen (secondary N) is 2. The zero-order valence-electron chi connectivity index (χ0n) is 19.8. The quantitative estimate of drug-likeness (QED) is 0.450. The first-order chi connectivity index (χ1) is 15.3. The van der Waals surface area contributed by atoms with E-state index >= 15 is 0 Å². The highest BCUT2D eigenvalue weighted by Gasteiger charge is 2.35. The van der Waals surface area contributed by atoms with Gasteiger partial charge in [-0.25, -0.2) is 4.79 Å². The van der Waals surface area contributed by atoms with Gasteiger partial charge in [-0.05, 0) is 38.8 Å². The number of esters is 1. The van der Waals surface area contributed by atoms with Crippen molar-refractivity contribution in [1.82, 2.24) is 15.5 Å². The van der Waals surface area contributed by atoms with Crippen molar-refractivity contribution in [3.8, 4) is 0 Å². The van der Waals surface area contributed by atoms with E-state index in [1.54, 1.807) is 52.0 Å². The molecule has 0 saturated heterocycles. The molecule has 1 rings (SSSR count). The maximum atomic E-state index is 13.3. The first-order valence-electron chi connectivity index (χ1n) is 10.2. The lowest BCUT2D eigenvalue weighted by Gasteiger charge is -2.32. The number of carbonyl (C=O) groups is 5. The SMILES string of the molecule is COC(=O)CNC(=O)C(c1ccccc1C)N(C)C(=O)C(CC(N)=O)NC(=O)OC(C)(C)C. The Morgan fingerprint density at radius 1 is 1.12 bits per heavy atom. The summed E-state index contributed by atoms with van der Waals surface area (Å²) in [7, 11) is 2.53. The van der Waals surface area contributed by atoms with Crippen LogP contribution in [-0.2, 0) is 28.7 Å². The fraction of sp³-hybridized carbons (Fsp3) is 0.500. The van der Waals surface area contributed by atoms with Crippen molar-refractivity contribution in [2.45, 2.75) is 51.8 Å². The minimum Gasteiger partial charge on any atom is -0.468 e. The summed E-state index contributed by atoms with van der Waals surface area (Å²) in [6.07, 6.45) is -1.43. The van der Waals surface area contributed by atoms with E-state index in [2.05, 4.69) is 15.4 Å². The molecule has 0 spiro atoms. The Hall–Kier alpha value is -3.63. The lowest BCUT2D eigenvalue weighted by Crippen LogP contribution is -2.53. The minimum absolute atomic E-state index is 0.402. The molecule has 11 nitrogen and oxygen atoms in total. The molecule has 0 radical (unpaired) electrons. The molecule has 182 valence electrons. The van der Waals surface area contributed by atoms with Crippen LogP contribution < -0.4 is 16.4 Å². The predicted molar refractivity (Wildman–Crippen MR) is 119 cm³/mol. The van der Waals surface area contributed by atoms with Gasteiger partial charge in [-0.1, -0.05) is 24.3 Å². The zero-order chi connectivity index (χ0) is 25.3. The van der Waals surface area contributed by atoms with Crippen molar-refractivity contribution in [2.75, 3.05) is 20.7 Å². The summed E-state index contributed by atoms with van der Waals surface area (Å²) in [5.74, 6) is -2.90. The van der Waals surface area contributed by atoms with Gasteiger partial charge >= 0.3 is 12.1 Å². The third-order valence-electron chi connectivity index (χ3n) is 4.50. The first-order valence-corrected chi connectivity index (χ1v) is 10.2. The Morgan fingerprint density at radius 2 is 1.73 bits per heavy atom. The van der Waals surface area contributed by atoms with Gasteiger partial charge in [0.1, 0.15) is 24.2 Å². The van der Waals surface area contributed by atoms with Crippen LogP contribution >= 0.6 is 0 Å². The van der Waals surface area contributed by atoms with Gasteiger partial charge in [-0.15, -0.1) is 0 Å². The van der Waals surface area contributed by atoms with Gasteiger partial charge in [0.15, 0.2) is 0 Å². The van der Waals surface area contributed by atoms with Gasteiger partial charge in [0.05, 0.1) is 13.5 Å². The smallest absolute Gasteiger partial charge is 0.408 e. The summed E-state index contributed by atoms with van der Waals surface area (Å²) in [4.78, 5) is 62.6. The second kappa shape index (κ2) is 11.8. The minimum atomic E-state index is -1.37. The molecule has 0 fully saturated rings. The summed E-state index contributed by atoms with van der Waals surface area (Å²) < 4.78 is 9.70. The van der Waals surface area contributed by atoms with E-state index in [0.29, 0.717) is 11.1 Å². The van der Waals surface area contributed by atoms with Crippen molar-refractivity contribution in [3.05, 3.63) is 35.4 Å². The highest BCUT2D eigenvalue weighted by atomic mass is 16.6. The van der Waals surface area contributed by atoms with Crippen molar-refractivity contribution in [2.24, 2.45) is 5.73 Å². The van der Waals surface area contributed by atoms with Crippen LogP contribution in [-0.4, -0.2) is 67.0 Å². The lowest BCUT2D eigenvalue weighted by atomic mass is 9.98. The van der Waals surface area contributed by atoms with Gasteiger partial charge in [0.2, 0.25) is 17.7 Å². The van der Waals surface area contributed by atoms with Crippen LogP contribution in [0, 0.1) is 6.92 Å². The fourth-order valence-electron chi connectivity index (χ4n) is 2.97. The standard InChI is InChI=1S/C22H32N4O7/c1-13-9-7-8-10-14(13)18(19(29)24-12-17(28)32-6)26(5)20(30)15(11-16(23)27)25-21(31)33-22(2,3)4/h7-10,15,18H,11-12H2,1-6H3,(H2,23,27)(H,24,29)(H,25,31). The normalized spacial score (nSPS) is 12.7. The molecule has 1 aromatic rings. The molecule has 4 N–H and O–H groups in total. The van der Waals surface area contributed by atoms with E-state index in [0.717, 1.165) is 4.90 Å². The van der Waals surface area contributed by atoms with Crippen molar-refractivity contribution in [1.29, 1.82) is 0 Å². The second-order valence-corrected chi connectivity index (χ2v) is 8.37. The molecule has 1 aromatic carbocycles. The predicted octanol–water partition coefficient (Wildman–Crippen LogP) is 0.552. The third kappa shape index (κ3) is 8.79. The highest BCUT2D eigenvalue weighted by molar-refractivity contribution is 5.95. The molecule has 0 saturated carbocycles. The van der Waals surface area contributed by atoms with Crippen LogP contribution in [0.3, 0.4) is 0 Å². The number of methoxy groups -OCH3 is 1. The largest absolute Gasteiger partial charge is 0.468 e. The monoisotopic (exact) mass is 464 g/mol. The number of ether oxygens (including phenoxy) is 2. The molecule has 11 heteroatoms. The van der Waals surface area contributed by atoms with Crippen molar-refractivity contribution < 1.29 is 33.4 Å². The first kappa shape index (κ1) is 27.4. The Labute approximate surface area is 193 Å². The molecule has 4 amide bonds. The van der Waals surface area contributed by atoms with Crippen LogP contribution in [0.1, 0.15) is 44.4 Å². The number of nitrogens with two attached hydrogens (primary N) is 1. The number of benzene rings is 1. The number of carbonyl (C=O) groups excluding carboxylic acids is 5. The second-order valence-electron chi connectivity index (χ2n) is 8.37. The number of hydrogen-bond acceptors (Lipinski definition) is 7. The summed E-state index contributed by atoms with van der Waals surface area (Å²) in [6, 6.07) is 4.34. The molecule has 2 unspecified atom stereocenters. The summed E-state index contributed by atoms with van der Waals surface area (Å²) >= 11 is 0. The van der Waals surface area contributed by atoms with Gasteiger partial charge < -0.3 is 30.7 Å². The maximum absolute atomic E-state index is 13.3. The molecule has 0 heterocycles. The molecule has 0 aliphatic carbocycles. The lowest BCUT2D eigenvalue weighted by molar-refractivity contribution is -0.144. The van der Waals surface area contributed by atoms with Gasteiger partial charge in [0, 0.05) is 7.05 Å². The van der Waals surface area contributed by atoms with Gasteiger partial charge in [-0.2, -0.15) is 0 Å². The third-order valence-corrected chi connectivity index (χ3v) is 4.50. The molecular weight excluding hydrogens is 432 g/mol. The number of likely N-dealkylation sites (N-methyl/N-ethyl adjacent to an activating group) is 1. The van der Waals surface area contributed by atoms with E-state index in [4.69, 9.17) is 10.5 Å². The number of nitrogens with zero attached hydrogens (tertiary/aromatic N) is 1. The number of aryl methyl sites for hydroxylation is 1. The van der Waals surface area contributed by atoms with E-state index in [9.17, 15) is 24.0 Å². The number of hydrogen-bond donors (Lipinski definition) is 3. The number of rotatable bonds is 9. The Balaban J connectivity index is 3.26. The van der Waals surface area contributed by atoms with Gasteiger partial charge in [0.25, 0.3) is 0 Å². The Bertz CT molecular complexity index is 895. The van der Waals surface area contributed by atoms with Crippen LogP contribution in [0.2, 0.25) is 0 Å². The average Bonchev–Trinajstić information content (AvgIpc) is 2.70. The zero-order valence-corrected chi connectivity index (χ0v) is 19.8. The Morgan fingerprint density at radius 3 is 2.24 bits per heavy atom. The van der Waals surface area contributed by atoms with Crippen LogP contribution in [0.25, 0.3) is 0 Å². The van der Waals surface area contributed by atoms with E-state index in [1.165, 1.54) is 14.2 Å². The van der Waals surface area contributed by atoms with Crippen LogP contribution in [0.15, 0.2) is 24.3 Å². The number of amides is 4. The van der Waals surface area contributed by atoms with E-state index < -0.39 is 60.4 Å². The highest BCUT2D eigenvalue weighted by Crippen LogP contribution is 2.24. The fourth-order valence-corrected chi connectivity index (χ4v) is 2.97. The summed E-state index contributed by atoms with van der Waals surface area (Å²) in [5, 5.41) is 4.78. The van der Waals surface area contributed by atoms with Crippen molar-refractivity contribution >= 4 is 29.8 Å². The van der Waals surface area contributed by atoms with Crippen LogP contribution in [0.5, 0.6) is 0 Å². The van der Waals surface area contributed by atoms with E-state index in [1.807, 2.05) is 0 Å². The molecular formula is C22H32N4O7. The van der Waals surface area contributed by atoms with E-state index in [-0.39, 0.29) is 0 Å². The topological polar surface area (TPSA) is 157 Å². The number of primary amides is 1. The van der Waals surface area contributed by atoms with Crippen LogP contribution in [0.4, 0.5) is 4.79 Å².